The van der Waals surface area contributed by atoms with Crippen LogP contribution in [0, 0.1) is 0 Å². The third-order valence-electron chi connectivity index (χ3n) is 1.76. The number of ether oxygens (including phenoxy) is 1. The van der Waals surface area contributed by atoms with E-state index >= 15 is 0 Å². The lowest BCUT2D eigenvalue weighted by Gasteiger charge is -2.03. The van der Waals surface area contributed by atoms with Gasteiger partial charge in [-0.3, -0.25) is 10.1 Å². The van der Waals surface area contributed by atoms with E-state index in [1.54, 1.807) is 19.1 Å². The maximum Gasteiger partial charge on any atom is 0.414 e. The molecular weight excluding hydrogens is 262 g/mol. The zero-order valence-electron chi connectivity index (χ0n) is 9.23. The first-order valence-corrected chi connectivity index (χ1v) is 6.33. The Labute approximate surface area is 109 Å². The van der Waals surface area contributed by atoms with Crippen LogP contribution in [0.15, 0.2) is 24.3 Å². The van der Waals surface area contributed by atoms with Gasteiger partial charge in [-0.25, -0.2) is 4.79 Å². The van der Waals surface area contributed by atoms with Crippen molar-refractivity contribution in [3.8, 4) is 0 Å². The highest BCUT2D eigenvalue weighted by molar-refractivity contribution is 8.12. The van der Waals surface area contributed by atoms with Crippen molar-refractivity contribution in [3.63, 3.8) is 0 Å². The molecule has 4 nitrogen and oxygen atoms in total. The van der Waals surface area contributed by atoms with Crippen LogP contribution >= 0.6 is 23.4 Å². The van der Waals surface area contributed by atoms with E-state index in [2.05, 4.69) is 10.1 Å². The van der Waals surface area contributed by atoms with Crippen LogP contribution in [0.2, 0.25) is 5.02 Å². The molecule has 0 atom stereocenters. The minimum absolute atomic E-state index is 0.237. The number of amides is 2. The third-order valence-corrected chi connectivity index (χ3v) is 2.86. The van der Waals surface area contributed by atoms with Crippen LogP contribution in [-0.2, 0) is 10.5 Å². The minimum Gasteiger partial charge on any atom is -0.450 e. The second-order valence-electron chi connectivity index (χ2n) is 3.05. The van der Waals surface area contributed by atoms with Crippen molar-refractivity contribution >= 4 is 34.7 Å². The first kappa shape index (κ1) is 13.9. The Balaban J connectivity index is 2.33. The molecular formula is C11H12ClNO3S. The van der Waals surface area contributed by atoms with Gasteiger partial charge in [0, 0.05) is 10.8 Å². The highest BCUT2D eigenvalue weighted by atomic mass is 35.5. The lowest BCUT2D eigenvalue weighted by atomic mass is 10.2. The van der Waals surface area contributed by atoms with Gasteiger partial charge in [0.2, 0.25) is 0 Å². The first-order chi connectivity index (χ1) is 8.11. The Kier molecular flexibility index (Phi) is 5.86. The highest BCUT2D eigenvalue weighted by Gasteiger charge is 2.08. The molecule has 1 aromatic carbocycles. The fourth-order valence-corrected chi connectivity index (χ4v) is 1.79. The van der Waals surface area contributed by atoms with Crippen LogP contribution in [0.4, 0.5) is 9.59 Å². The van der Waals surface area contributed by atoms with E-state index in [1.807, 2.05) is 12.1 Å². The van der Waals surface area contributed by atoms with E-state index in [0.717, 1.165) is 17.3 Å². The Morgan fingerprint density at radius 2 is 2.00 bits per heavy atom. The monoisotopic (exact) mass is 273 g/mol. The van der Waals surface area contributed by atoms with Crippen molar-refractivity contribution in [2.75, 3.05) is 6.61 Å². The van der Waals surface area contributed by atoms with Gasteiger partial charge in [-0.1, -0.05) is 35.5 Å². The number of halogens is 1. The molecule has 0 radical (unpaired) electrons. The molecule has 0 saturated carbocycles. The summed E-state index contributed by atoms with van der Waals surface area (Å²) in [4.78, 5) is 22.2. The topological polar surface area (TPSA) is 55.4 Å². The van der Waals surface area contributed by atoms with Crippen LogP contribution in [0.5, 0.6) is 0 Å². The van der Waals surface area contributed by atoms with Crippen LogP contribution in [0.3, 0.4) is 0 Å². The predicted octanol–water partition coefficient (Wildman–Crippen LogP) is 3.44. The standard InChI is InChI=1S/C11H12ClNO3S/c1-2-16-10(14)13-11(15)17-7-8-3-5-9(12)6-4-8/h3-6H,2,7H2,1H3,(H,13,14,15). The normalized spacial score (nSPS) is 9.76. The Hall–Kier alpha value is -1.20. The van der Waals surface area contributed by atoms with Crippen molar-refractivity contribution in [3.05, 3.63) is 34.9 Å². The molecule has 92 valence electrons. The molecule has 0 heterocycles. The number of nitrogens with one attached hydrogen (secondary N) is 1. The van der Waals surface area contributed by atoms with E-state index in [1.165, 1.54) is 0 Å². The Morgan fingerprint density at radius 3 is 2.59 bits per heavy atom. The van der Waals surface area contributed by atoms with Gasteiger partial charge >= 0.3 is 6.09 Å². The molecule has 0 aliphatic rings. The smallest absolute Gasteiger partial charge is 0.414 e. The summed E-state index contributed by atoms with van der Waals surface area (Å²) in [5.41, 5.74) is 0.957. The average Bonchev–Trinajstić information content (AvgIpc) is 2.28. The summed E-state index contributed by atoms with van der Waals surface area (Å²) in [6.45, 7) is 1.91. The quantitative estimate of drug-likeness (QED) is 0.917. The first-order valence-electron chi connectivity index (χ1n) is 4.96. The molecule has 6 heteroatoms. The van der Waals surface area contributed by atoms with Crippen molar-refractivity contribution in [1.82, 2.24) is 5.32 Å². The summed E-state index contributed by atoms with van der Waals surface area (Å²) in [5, 5.41) is 2.32. The van der Waals surface area contributed by atoms with Gasteiger partial charge < -0.3 is 4.74 Å². The third kappa shape index (κ3) is 5.60. The van der Waals surface area contributed by atoms with Gasteiger partial charge in [0.05, 0.1) is 6.61 Å². The number of carbonyl (C=O) groups is 2. The molecule has 0 saturated heterocycles. The molecule has 0 spiro atoms. The maximum absolute atomic E-state index is 11.3. The number of carbonyl (C=O) groups excluding carboxylic acids is 2. The summed E-state index contributed by atoms with van der Waals surface area (Å²) in [7, 11) is 0. The van der Waals surface area contributed by atoms with E-state index < -0.39 is 11.3 Å². The summed E-state index contributed by atoms with van der Waals surface area (Å²) >= 11 is 6.73. The Morgan fingerprint density at radius 1 is 1.35 bits per heavy atom. The van der Waals surface area contributed by atoms with Crippen LogP contribution in [-0.4, -0.2) is 17.9 Å². The van der Waals surface area contributed by atoms with Gasteiger partial charge in [-0.15, -0.1) is 0 Å². The van der Waals surface area contributed by atoms with Gasteiger partial charge in [0.25, 0.3) is 5.24 Å². The summed E-state index contributed by atoms with van der Waals surface area (Å²) in [5.74, 6) is 0.475. The van der Waals surface area contributed by atoms with Crippen molar-refractivity contribution in [2.24, 2.45) is 0 Å². The molecule has 1 rings (SSSR count). The molecule has 0 aliphatic carbocycles. The Bertz CT molecular complexity index is 394. The van der Waals surface area contributed by atoms with Gasteiger partial charge in [0.15, 0.2) is 0 Å². The fraction of sp³-hybridized carbons (Fsp3) is 0.273. The lowest BCUT2D eigenvalue weighted by molar-refractivity contribution is 0.155. The number of hydrogen-bond acceptors (Lipinski definition) is 4. The second-order valence-corrected chi connectivity index (χ2v) is 4.43. The van der Waals surface area contributed by atoms with Crippen LogP contribution in [0.25, 0.3) is 0 Å². The molecule has 0 fully saturated rings. The van der Waals surface area contributed by atoms with E-state index in [0.29, 0.717) is 10.8 Å². The largest absolute Gasteiger partial charge is 0.450 e. The fourth-order valence-electron chi connectivity index (χ4n) is 1.02. The van der Waals surface area contributed by atoms with E-state index in [4.69, 9.17) is 11.6 Å². The second kappa shape index (κ2) is 7.19. The number of rotatable bonds is 3. The molecule has 0 aromatic heterocycles. The number of alkyl carbamates (subject to hydrolysis) is 1. The van der Waals surface area contributed by atoms with Crippen molar-refractivity contribution in [2.45, 2.75) is 12.7 Å². The summed E-state index contributed by atoms with van der Waals surface area (Å²) < 4.78 is 4.58. The van der Waals surface area contributed by atoms with Gasteiger partial charge in [-0.05, 0) is 24.6 Å². The highest BCUT2D eigenvalue weighted by Crippen LogP contribution is 2.15. The number of thioether (sulfide) groups is 1. The van der Waals surface area contributed by atoms with Gasteiger partial charge in [0.1, 0.15) is 0 Å². The van der Waals surface area contributed by atoms with Crippen molar-refractivity contribution in [1.29, 1.82) is 0 Å². The molecule has 0 bridgehead atoms. The van der Waals surface area contributed by atoms with Crippen LogP contribution in [0.1, 0.15) is 12.5 Å². The molecule has 0 unspecified atom stereocenters. The average molecular weight is 274 g/mol. The number of hydrogen-bond donors (Lipinski definition) is 1. The summed E-state index contributed by atoms with van der Waals surface area (Å²) in [6, 6.07) is 7.15. The minimum atomic E-state index is -0.721. The molecule has 17 heavy (non-hydrogen) atoms. The zero-order valence-corrected chi connectivity index (χ0v) is 10.8. The van der Waals surface area contributed by atoms with Crippen molar-refractivity contribution < 1.29 is 14.3 Å². The number of benzene rings is 1. The molecule has 0 aliphatic heterocycles. The SMILES string of the molecule is CCOC(=O)NC(=O)SCc1ccc(Cl)cc1. The van der Waals surface area contributed by atoms with Gasteiger partial charge in [-0.2, -0.15) is 0 Å². The summed E-state index contributed by atoms with van der Waals surface area (Å²) in [6.07, 6.45) is -0.721. The van der Waals surface area contributed by atoms with Crippen LogP contribution < -0.4 is 5.32 Å². The number of imide groups is 1. The van der Waals surface area contributed by atoms with E-state index in [-0.39, 0.29) is 6.61 Å². The van der Waals surface area contributed by atoms with E-state index in [9.17, 15) is 9.59 Å². The molecule has 2 amide bonds. The zero-order chi connectivity index (χ0) is 12.7. The molecule has 1 N–H and O–H groups in total. The molecule has 1 aromatic rings. The maximum atomic E-state index is 11.3. The predicted molar refractivity (Wildman–Crippen MR) is 68.3 cm³/mol. The lowest BCUT2D eigenvalue weighted by Crippen LogP contribution is -2.27.